The third-order valence-electron chi connectivity index (χ3n) is 6.48. The van der Waals surface area contributed by atoms with E-state index in [2.05, 4.69) is 5.32 Å². The van der Waals surface area contributed by atoms with Crippen molar-refractivity contribution < 1.29 is 22.4 Å². The third-order valence-corrected chi connectivity index (χ3v) is 8.57. The maximum absolute atomic E-state index is 14.6. The maximum Gasteiger partial charge on any atom is 0.264 e. The van der Waals surface area contributed by atoms with Crippen molar-refractivity contribution in [1.82, 2.24) is 10.2 Å². The lowest BCUT2D eigenvalue weighted by molar-refractivity contribution is -0.139. The summed E-state index contributed by atoms with van der Waals surface area (Å²) in [5, 5.41) is 2.97. The molecule has 0 saturated carbocycles. The minimum absolute atomic E-state index is 0.0240. The Morgan fingerprint density at radius 3 is 2.21 bits per heavy atom. The van der Waals surface area contributed by atoms with Crippen molar-refractivity contribution in [2.45, 2.75) is 57.6 Å². The molecule has 1 N–H and O–H groups in total. The predicted octanol–water partition coefficient (Wildman–Crippen LogP) is 5.31. The van der Waals surface area contributed by atoms with E-state index >= 15 is 0 Å². The fourth-order valence-electron chi connectivity index (χ4n) is 3.86. The Morgan fingerprint density at radius 1 is 0.974 bits per heavy atom. The minimum Gasteiger partial charge on any atom is -0.352 e. The number of hydrogen-bond acceptors (Lipinski definition) is 4. The molecule has 10 heteroatoms. The molecule has 0 saturated heterocycles. The lowest BCUT2D eigenvalue weighted by Crippen LogP contribution is -2.52. The van der Waals surface area contributed by atoms with E-state index in [0.717, 1.165) is 9.87 Å². The second-order valence-electron chi connectivity index (χ2n) is 9.38. The van der Waals surface area contributed by atoms with Crippen molar-refractivity contribution in [2.75, 3.05) is 10.8 Å². The minimum atomic E-state index is -4.25. The lowest BCUT2D eigenvalue weighted by Gasteiger charge is -2.32. The molecule has 7 nitrogen and oxygen atoms in total. The van der Waals surface area contributed by atoms with E-state index in [1.165, 1.54) is 54.3 Å². The summed E-state index contributed by atoms with van der Waals surface area (Å²) in [5.74, 6) is -1.67. The van der Waals surface area contributed by atoms with Crippen LogP contribution in [-0.2, 0) is 26.2 Å². The highest BCUT2D eigenvalue weighted by atomic mass is 35.5. The lowest BCUT2D eigenvalue weighted by atomic mass is 10.1. The summed E-state index contributed by atoms with van der Waals surface area (Å²) >= 11 is 6.39. The summed E-state index contributed by atoms with van der Waals surface area (Å²) in [5.41, 5.74) is 1.17. The van der Waals surface area contributed by atoms with Crippen molar-refractivity contribution in [1.29, 1.82) is 0 Å². The molecule has 0 bridgehead atoms. The Labute approximate surface area is 234 Å². The molecular weight excluding hydrogens is 541 g/mol. The van der Waals surface area contributed by atoms with E-state index in [0.29, 0.717) is 6.42 Å². The van der Waals surface area contributed by atoms with Gasteiger partial charge in [0.05, 0.1) is 15.6 Å². The molecule has 3 aromatic rings. The van der Waals surface area contributed by atoms with E-state index in [1.54, 1.807) is 30.3 Å². The summed E-state index contributed by atoms with van der Waals surface area (Å²) in [7, 11) is -4.25. The van der Waals surface area contributed by atoms with Gasteiger partial charge >= 0.3 is 0 Å². The highest BCUT2D eigenvalue weighted by Crippen LogP contribution is 2.31. The van der Waals surface area contributed by atoms with Crippen LogP contribution < -0.4 is 9.62 Å². The zero-order valence-corrected chi connectivity index (χ0v) is 24.0. The Morgan fingerprint density at radius 2 is 1.59 bits per heavy atom. The molecule has 0 radical (unpaired) electrons. The van der Waals surface area contributed by atoms with Crippen molar-refractivity contribution in [3.63, 3.8) is 0 Å². The number of para-hydroxylation sites is 1. The Balaban J connectivity index is 2.05. The molecule has 0 unspecified atom stereocenters. The van der Waals surface area contributed by atoms with Crippen LogP contribution in [0, 0.1) is 12.7 Å². The number of rotatable bonds is 11. The van der Waals surface area contributed by atoms with Crippen molar-refractivity contribution in [3.8, 4) is 0 Å². The van der Waals surface area contributed by atoms with Gasteiger partial charge in [0.25, 0.3) is 10.0 Å². The van der Waals surface area contributed by atoms with Gasteiger partial charge in [-0.25, -0.2) is 12.8 Å². The second kappa shape index (κ2) is 13.1. The number of halogens is 2. The van der Waals surface area contributed by atoms with E-state index in [9.17, 15) is 22.4 Å². The largest absolute Gasteiger partial charge is 0.352 e. The predicted molar refractivity (Wildman–Crippen MR) is 151 cm³/mol. The summed E-state index contributed by atoms with van der Waals surface area (Å²) < 4.78 is 43.2. The Bertz CT molecular complexity index is 1420. The average molecular weight is 574 g/mol. The first-order valence-corrected chi connectivity index (χ1v) is 14.4. The van der Waals surface area contributed by atoms with Crippen LogP contribution in [0.5, 0.6) is 0 Å². The first-order valence-electron chi connectivity index (χ1n) is 12.6. The topological polar surface area (TPSA) is 86.8 Å². The van der Waals surface area contributed by atoms with Gasteiger partial charge in [-0.2, -0.15) is 0 Å². The second-order valence-corrected chi connectivity index (χ2v) is 11.7. The van der Waals surface area contributed by atoms with Crippen LogP contribution in [0.15, 0.2) is 77.7 Å². The van der Waals surface area contributed by atoms with Crippen molar-refractivity contribution in [2.24, 2.45) is 0 Å². The van der Waals surface area contributed by atoms with Crippen LogP contribution in [0.4, 0.5) is 10.1 Å². The number of hydrogen-bond donors (Lipinski definition) is 1. The fraction of sp³-hybridized carbons (Fsp3) is 0.310. The molecule has 0 aliphatic rings. The van der Waals surface area contributed by atoms with E-state index in [-0.39, 0.29) is 33.8 Å². The van der Waals surface area contributed by atoms with E-state index in [4.69, 9.17) is 11.6 Å². The van der Waals surface area contributed by atoms with E-state index in [1.807, 2.05) is 20.8 Å². The van der Waals surface area contributed by atoms with Crippen LogP contribution in [0.25, 0.3) is 0 Å². The van der Waals surface area contributed by atoms with Crippen LogP contribution in [0.1, 0.15) is 38.3 Å². The van der Waals surface area contributed by atoms with E-state index < -0.39 is 40.2 Å². The molecule has 0 heterocycles. The van der Waals surface area contributed by atoms with Gasteiger partial charge in [0.2, 0.25) is 11.8 Å². The number of carbonyl (C=O) groups excluding carboxylic acids is 2. The summed E-state index contributed by atoms with van der Waals surface area (Å²) in [4.78, 5) is 28.1. The molecular formula is C29H33ClFN3O4S. The van der Waals surface area contributed by atoms with Crippen LogP contribution >= 0.6 is 11.6 Å². The Kier molecular flexibility index (Phi) is 10.1. The normalized spacial score (nSPS) is 12.9. The molecule has 2 amide bonds. The molecule has 0 fully saturated rings. The van der Waals surface area contributed by atoms with Gasteiger partial charge in [-0.15, -0.1) is 0 Å². The molecule has 208 valence electrons. The fourth-order valence-corrected chi connectivity index (χ4v) is 5.58. The molecule has 39 heavy (non-hydrogen) atoms. The summed E-state index contributed by atoms with van der Waals surface area (Å²) in [6.45, 7) is 6.22. The van der Waals surface area contributed by atoms with Gasteiger partial charge in [-0.1, -0.05) is 66.6 Å². The van der Waals surface area contributed by atoms with Gasteiger partial charge in [0, 0.05) is 18.2 Å². The smallest absolute Gasteiger partial charge is 0.264 e. The number of anilines is 1. The molecule has 2 atom stereocenters. The average Bonchev–Trinajstić information content (AvgIpc) is 2.91. The SMILES string of the molecule is CC[C@H](C)NC(=O)[C@H](C)N(Cc1ccccc1F)C(=O)CN(c1ccccc1Cl)S(=O)(=O)c1ccc(C)cc1. The van der Waals surface area contributed by atoms with Gasteiger partial charge in [-0.3, -0.25) is 13.9 Å². The zero-order valence-electron chi connectivity index (χ0n) is 22.4. The molecule has 0 aliphatic heterocycles. The highest BCUT2D eigenvalue weighted by molar-refractivity contribution is 7.92. The summed E-state index contributed by atoms with van der Waals surface area (Å²) in [6.07, 6.45) is 0.675. The van der Waals surface area contributed by atoms with Crippen molar-refractivity contribution in [3.05, 3.63) is 94.8 Å². The van der Waals surface area contributed by atoms with Gasteiger partial charge < -0.3 is 10.2 Å². The molecule has 0 spiro atoms. The number of sulfonamides is 1. The zero-order chi connectivity index (χ0) is 28.7. The van der Waals surface area contributed by atoms with Crippen LogP contribution in [0.3, 0.4) is 0 Å². The first kappa shape index (κ1) is 30.1. The highest BCUT2D eigenvalue weighted by Gasteiger charge is 2.33. The number of aryl methyl sites for hydroxylation is 1. The van der Waals surface area contributed by atoms with Crippen LogP contribution in [-0.4, -0.2) is 43.8 Å². The Hall–Kier alpha value is -3.43. The van der Waals surface area contributed by atoms with Crippen molar-refractivity contribution >= 4 is 39.1 Å². The van der Waals surface area contributed by atoms with Gasteiger partial charge in [0.15, 0.2) is 0 Å². The molecule has 3 rings (SSSR count). The number of nitrogens with zero attached hydrogens (tertiary/aromatic N) is 2. The maximum atomic E-state index is 14.6. The molecule has 0 aromatic heterocycles. The van der Waals surface area contributed by atoms with Crippen LogP contribution in [0.2, 0.25) is 5.02 Å². The monoisotopic (exact) mass is 573 g/mol. The van der Waals surface area contributed by atoms with Gasteiger partial charge in [-0.05, 0) is 57.5 Å². The number of benzene rings is 3. The van der Waals surface area contributed by atoms with Gasteiger partial charge in [0.1, 0.15) is 18.4 Å². The quantitative estimate of drug-likeness (QED) is 0.337. The summed E-state index contributed by atoms with van der Waals surface area (Å²) in [6, 6.07) is 17.3. The number of amides is 2. The number of carbonyl (C=O) groups is 2. The standard InChI is InChI=1S/C29H33ClFN3O4S/c1-5-21(3)32-29(36)22(4)33(18-23-10-6-8-12-26(23)31)28(35)19-34(27-13-9-7-11-25(27)30)39(37,38)24-16-14-20(2)15-17-24/h6-17,21-22H,5,18-19H2,1-4H3,(H,32,36)/t21-,22-/m0/s1. The number of nitrogens with one attached hydrogen (secondary N) is 1. The first-order chi connectivity index (χ1) is 18.4. The third kappa shape index (κ3) is 7.36. The molecule has 0 aliphatic carbocycles. The molecule has 3 aromatic carbocycles.